The van der Waals surface area contributed by atoms with Gasteiger partial charge in [-0.1, -0.05) is 52.6 Å². The SMILES string of the molecule is C=CCn1c(SCC(=O)Nc2ccc(Cl)cc2)nnc1[C@@H](C)NC(=O)c1ccc(Cl)cc1Cl. The Labute approximate surface area is 210 Å². The lowest BCUT2D eigenvalue weighted by atomic mass is 10.2. The predicted octanol–water partition coefficient (Wildman–Crippen LogP) is 5.65. The first-order valence-electron chi connectivity index (χ1n) is 9.76. The van der Waals surface area contributed by atoms with E-state index in [-0.39, 0.29) is 22.6 Å². The highest BCUT2D eigenvalue weighted by molar-refractivity contribution is 7.99. The first kappa shape index (κ1) is 25.1. The molecule has 2 N–H and O–H groups in total. The Morgan fingerprint density at radius 2 is 1.82 bits per heavy atom. The molecular formula is C22H20Cl3N5O2S. The maximum Gasteiger partial charge on any atom is 0.253 e. The Morgan fingerprint density at radius 1 is 1.12 bits per heavy atom. The van der Waals surface area contributed by atoms with Crippen LogP contribution in [0.25, 0.3) is 0 Å². The Balaban J connectivity index is 1.67. The summed E-state index contributed by atoms with van der Waals surface area (Å²) in [5, 5.41) is 15.9. The Morgan fingerprint density at radius 3 is 2.48 bits per heavy atom. The number of benzene rings is 2. The molecule has 0 spiro atoms. The van der Waals surface area contributed by atoms with Gasteiger partial charge in [-0.3, -0.25) is 9.59 Å². The zero-order chi connectivity index (χ0) is 24.0. The molecule has 1 aromatic heterocycles. The highest BCUT2D eigenvalue weighted by atomic mass is 35.5. The molecule has 1 atom stereocenters. The Hall–Kier alpha value is -2.52. The number of aromatic nitrogens is 3. The van der Waals surface area contributed by atoms with Crippen LogP contribution >= 0.6 is 46.6 Å². The van der Waals surface area contributed by atoms with E-state index in [4.69, 9.17) is 34.8 Å². The third kappa shape index (κ3) is 6.74. The predicted molar refractivity (Wildman–Crippen MR) is 133 cm³/mol. The first-order valence-corrected chi connectivity index (χ1v) is 11.9. The largest absolute Gasteiger partial charge is 0.342 e. The molecule has 11 heteroatoms. The molecule has 172 valence electrons. The van der Waals surface area contributed by atoms with Crippen molar-refractivity contribution in [2.75, 3.05) is 11.1 Å². The van der Waals surface area contributed by atoms with E-state index in [9.17, 15) is 9.59 Å². The van der Waals surface area contributed by atoms with Gasteiger partial charge in [0.15, 0.2) is 11.0 Å². The molecular weight excluding hydrogens is 505 g/mol. The zero-order valence-corrected chi connectivity index (χ0v) is 20.6. The number of allylic oxidation sites excluding steroid dienone is 1. The second-order valence-corrected chi connectivity index (χ2v) is 9.13. The number of amides is 2. The smallest absolute Gasteiger partial charge is 0.253 e. The average molecular weight is 525 g/mol. The van der Waals surface area contributed by atoms with Crippen LogP contribution in [-0.2, 0) is 11.3 Å². The van der Waals surface area contributed by atoms with Gasteiger partial charge in [0.2, 0.25) is 5.91 Å². The van der Waals surface area contributed by atoms with Crippen molar-refractivity contribution >= 4 is 64.1 Å². The standard InChI is InChI=1S/C22H20Cl3N5O2S/c1-3-10-30-20(13(2)26-21(32)17-9-6-15(24)11-18(17)25)28-29-22(30)33-12-19(31)27-16-7-4-14(23)5-8-16/h3-9,11,13H,1,10,12H2,2H3,(H,26,32)(H,27,31)/t13-/m1/s1. The van der Waals surface area contributed by atoms with Crippen LogP contribution in [0.15, 0.2) is 60.3 Å². The second kappa shape index (κ2) is 11.6. The minimum absolute atomic E-state index is 0.124. The molecule has 0 aliphatic rings. The number of thioether (sulfide) groups is 1. The van der Waals surface area contributed by atoms with Crippen LogP contribution in [0.4, 0.5) is 5.69 Å². The molecule has 0 aliphatic carbocycles. The van der Waals surface area contributed by atoms with Gasteiger partial charge in [0, 0.05) is 22.3 Å². The van der Waals surface area contributed by atoms with Crippen LogP contribution < -0.4 is 10.6 Å². The number of carbonyl (C=O) groups is 2. The maximum absolute atomic E-state index is 12.7. The normalized spacial score (nSPS) is 11.6. The van der Waals surface area contributed by atoms with Crippen LogP contribution in [0.3, 0.4) is 0 Å². The summed E-state index contributed by atoms with van der Waals surface area (Å²) in [6.45, 7) is 5.96. The molecule has 2 aromatic carbocycles. The molecule has 1 heterocycles. The molecule has 0 bridgehead atoms. The van der Waals surface area contributed by atoms with E-state index in [1.807, 2.05) is 0 Å². The van der Waals surface area contributed by atoms with Gasteiger partial charge in [0.25, 0.3) is 5.91 Å². The van der Waals surface area contributed by atoms with Crippen molar-refractivity contribution in [3.63, 3.8) is 0 Å². The van der Waals surface area contributed by atoms with Crippen molar-refractivity contribution in [1.82, 2.24) is 20.1 Å². The van der Waals surface area contributed by atoms with Crippen LogP contribution in [0.5, 0.6) is 0 Å². The van der Waals surface area contributed by atoms with Gasteiger partial charge >= 0.3 is 0 Å². The summed E-state index contributed by atoms with van der Waals surface area (Å²) in [7, 11) is 0. The number of nitrogens with one attached hydrogen (secondary N) is 2. The summed E-state index contributed by atoms with van der Waals surface area (Å²) in [6.07, 6.45) is 1.69. The first-order chi connectivity index (χ1) is 15.8. The number of hydrogen-bond acceptors (Lipinski definition) is 5. The number of hydrogen-bond donors (Lipinski definition) is 2. The molecule has 0 unspecified atom stereocenters. The van der Waals surface area contributed by atoms with Crippen molar-refractivity contribution in [1.29, 1.82) is 0 Å². The summed E-state index contributed by atoms with van der Waals surface area (Å²) < 4.78 is 1.79. The third-order valence-electron chi connectivity index (χ3n) is 4.43. The van der Waals surface area contributed by atoms with E-state index in [1.54, 1.807) is 54.0 Å². The fourth-order valence-corrected chi connectivity index (χ4v) is 4.28. The number of halogens is 3. The summed E-state index contributed by atoms with van der Waals surface area (Å²) in [4.78, 5) is 25.0. The van der Waals surface area contributed by atoms with Gasteiger partial charge in [0.1, 0.15) is 0 Å². The summed E-state index contributed by atoms with van der Waals surface area (Å²) in [5.74, 6) is 0.0810. The Kier molecular flexibility index (Phi) is 8.80. The van der Waals surface area contributed by atoms with Crippen molar-refractivity contribution in [2.45, 2.75) is 24.7 Å². The lowest BCUT2D eigenvalue weighted by molar-refractivity contribution is -0.113. The number of nitrogens with zero attached hydrogens (tertiary/aromatic N) is 3. The third-order valence-corrected chi connectivity index (χ3v) is 6.19. The monoisotopic (exact) mass is 523 g/mol. The highest BCUT2D eigenvalue weighted by Crippen LogP contribution is 2.24. The van der Waals surface area contributed by atoms with E-state index in [1.165, 1.54) is 17.8 Å². The van der Waals surface area contributed by atoms with E-state index in [0.717, 1.165) is 0 Å². The number of anilines is 1. The van der Waals surface area contributed by atoms with Crippen LogP contribution in [0.2, 0.25) is 15.1 Å². The van der Waals surface area contributed by atoms with Gasteiger partial charge in [-0.25, -0.2) is 0 Å². The molecule has 3 rings (SSSR count). The van der Waals surface area contributed by atoms with Crippen molar-refractivity contribution in [3.8, 4) is 0 Å². The molecule has 0 aliphatic heterocycles. The van der Waals surface area contributed by atoms with Crippen LogP contribution in [0.1, 0.15) is 29.1 Å². The molecule has 3 aromatic rings. The van der Waals surface area contributed by atoms with E-state index in [0.29, 0.717) is 38.8 Å². The van der Waals surface area contributed by atoms with Gasteiger partial charge in [-0.15, -0.1) is 16.8 Å². The summed E-state index contributed by atoms with van der Waals surface area (Å²) in [5.41, 5.74) is 0.951. The molecule has 0 saturated heterocycles. The summed E-state index contributed by atoms with van der Waals surface area (Å²) >= 11 is 19.1. The molecule has 0 saturated carbocycles. The molecule has 0 radical (unpaired) electrons. The number of rotatable bonds is 9. The van der Waals surface area contributed by atoms with Crippen LogP contribution in [-0.4, -0.2) is 32.3 Å². The van der Waals surface area contributed by atoms with Crippen molar-refractivity contribution in [2.24, 2.45) is 0 Å². The molecule has 0 fully saturated rings. The minimum atomic E-state index is -0.478. The Bertz CT molecular complexity index is 1170. The van der Waals surface area contributed by atoms with Gasteiger partial charge in [0.05, 0.1) is 22.4 Å². The quantitative estimate of drug-likeness (QED) is 0.279. The van der Waals surface area contributed by atoms with Crippen molar-refractivity contribution < 1.29 is 9.59 Å². The maximum atomic E-state index is 12.7. The topological polar surface area (TPSA) is 88.9 Å². The average Bonchev–Trinajstić information content (AvgIpc) is 3.17. The fourth-order valence-electron chi connectivity index (χ4n) is 2.90. The second-order valence-electron chi connectivity index (χ2n) is 6.90. The molecule has 7 nitrogen and oxygen atoms in total. The fraction of sp³-hybridized carbons (Fsp3) is 0.182. The summed E-state index contributed by atoms with van der Waals surface area (Å²) in [6, 6.07) is 11.0. The van der Waals surface area contributed by atoms with Gasteiger partial charge in [-0.2, -0.15) is 0 Å². The minimum Gasteiger partial charge on any atom is -0.342 e. The van der Waals surface area contributed by atoms with E-state index in [2.05, 4.69) is 27.4 Å². The number of carbonyl (C=O) groups excluding carboxylic acids is 2. The van der Waals surface area contributed by atoms with E-state index >= 15 is 0 Å². The van der Waals surface area contributed by atoms with Gasteiger partial charge < -0.3 is 15.2 Å². The molecule has 33 heavy (non-hydrogen) atoms. The van der Waals surface area contributed by atoms with Crippen LogP contribution in [0, 0.1) is 0 Å². The zero-order valence-electron chi connectivity index (χ0n) is 17.5. The lowest BCUT2D eigenvalue weighted by Crippen LogP contribution is -2.29. The van der Waals surface area contributed by atoms with E-state index < -0.39 is 6.04 Å². The van der Waals surface area contributed by atoms with Gasteiger partial charge in [-0.05, 0) is 49.4 Å². The lowest BCUT2D eigenvalue weighted by Gasteiger charge is -2.16. The molecule has 2 amide bonds. The van der Waals surface area contributed by atoms with Crippen molar-refractivity contribution in [3.05, 3.63) is 81.6 Å². The highest BCUT2D eigenvalue weighted by Gasteiger charge is 2.21.